The predicted molar refractivity (Wildman–Crippen MR) is 81.1 cm³/mol. The quantitative estimate of drug-likeness (QED) is 0.777. The summed E-state index contributed by atoms with van der Waals surface area (Å²) >= 11 is 5.83. The molecule has 3 rings (SSSR count). The van der Waals surface area contributed by atoms with Crippen molar-refractivity contribution >= 4 is 28.2 Å². The fourth-order valence-electron chi connectivity index (χ4n) is 1.97. The molecule has 100 valence electrons. The van der Waals surface area contributed by atoms with Crippen molar-refractivity contribution in [1.29, 1.82) is 0 Å². The van der Waals surface area contributed by atoms with Crippen molar-refractivity contribution in [3.63, 3.8) is 0 Å². The van der Waals surface area contributed by atoms with Crippen molar-refractivity contribution in [2.45, 2.75) is 6.54 Å². The summed E-state index contributed by atoms with van der Waals surface area (Å²) in [6.07, 6.45) is 0. The van der Waals surface area contributed by atoms with Gasteiger partial charge in [0.05, 0.1) is 17.4 Å². The number of para-hydroxylation sites is 1. The van der Waals surface area contributed by atoms with Gasteiger partial charge in [-0.3, -0.25) is 4.79 Å². The summed E-state index contributed by atoms with van der Waals surface area (Å²) in [5.74, 6) is 0.601. The van der Waals surface area contributed by atoms with Crippen molar-refractivity contribution in [3.05, 3.63) is 69.7 Å². The van der Waals surface area contributed by atoms with Crippen LogP contribution in [0.1, 0.15) is 5.82 Å². The van der Waals surface area contributed by atoms with Gasteiger partial charge in [-0.1, -0.05) is 23.7 Å². The molecule has 0 amide bonds. The molecule has 0 atom stereocenters. The van der Waals surface area contributed by atoms with Gasteiger partial charge in [-0.2, -0.15) is 0 Å². The van der Waals surface area contributed by atoms with E-state index in [2.05, 4.69) is 15.3 Å². The SMILES string of the molecule is O=c1[nH]c(CNc2ccc(Cl)cc2)nc2ccccc12. The number of nitrogens with one attached hydrogen (secondary N) is 2. The van der Waals surface area contributed by atoms with Crippen LogP contribution in [0.2, 0.25) is 5.02 Å². The third-order valence-corrected chi connectivity index (χ3v) is 3.22. The number of fused-ring (bicyclic) bond motifs is 1. The van der Waals surface area contributed by atoms with Crippen LogP contribution in [0.15, 0.2) is 53.3 Å². The molecule has 0 unspecified atom stereocenters. The van der Waals surface area contributed by atoms with Crippen LogP contribution in [0.25, 0.3) is 10.9 Å². The normalized spacial score (nSPS) is 10.7. The summed E-state index contributed by atoms with van der Waals surface area (Å²) < 4.78 is 0. The number of anilines is 1. The van der Waals surface area contributed by atoms with E-state index in [9.17, 15) is 4.79 Å². The van der Waals surface area contributed by atoms with E-state index in [-0.39, 0.29) is 5.56 Å². The second-order valence-corrected chi connectivity index (χ2v) is 4.83. The van der Waals surface area contributed by atoms with Crippen LogP contribution in [0.4, 0.5) is 5.69 Å². The summed E-state index contributed by atoms with van der Waals surface area (Å²) in [7, 11) is 0. The van der Waals surface area contributed by atoms with Crippen LogP contribution in [0.3, 0.4) is 0 Å². The molecular formula is C15H12ClN3O. The molecule has 0 saturated heterocycles. The van der Waals surface area contributed by atoms with Gasteiger partial charge in [0.2, 0.25) is 0 Å². The highest BCUT2D eigenvalue weighted by Gasteiger charge is 2.02. The molecular weight excluding hydrogens is 274 g/mol. The third-order valence-electron chi connectivity index (χ3n) is 2.97. The molecule has 0 spiro atoms. The first-order chi connectivity index (χ1) is 9.72. The van der Waals surface area contributed by atoms with Crippen LogP contribution in [-0.2, 0) is 6.54 Å². The van der Waals surface area contributed by atoms with E-state index in [0.29, 0.717) is 28.3 Å². The third kappa shape index (κ3) is 2.65. The Balaban J connectivity index is 1.84. The molecule has 0 fully saturated rings. The molecule has 2 aromatic carbocycles. The highest BCUT2D eigenvalue weighted by Crippen LogP contribution is 2.14. The maximum atomic E-state index is 11.9. The minimum atomic E-state index is -0.122. The Hall–Kier alpha value is -2.33. The van der Waals surface area contributed by atoms with Crippen LogP contribution >= 0.6 is 11.6 Å². The molecule has 5 heteroatoms. The highest BCUT2D eigenvalue weighted by molar-refractivity contribution is 6.30. The Labute approximate surface area is 120 Å². The number of nitrogens with zero attached hydrogens (tertiary/aromatic N) is 1. The second-order valence-electron chi connectivity index (χ2n) is 4.39. The lowest BCUT2D eigenvalue weighted by Gasteiger charge is -2.06. The fourth-order valence-corrected chi connectivity index (χ4v) is 2.10. The average molecular weight is 286 g/mol. The van der Waals surface area contributed by atoms with Gasteiger partial charge < -0.3 is 10.3 Å². The standard InChI is InChI=1S/C15H12ClN3O/c16-10-5-7-11(8-6-10)17-9-14-18-13-4-2-1-3-12(13)15(20)19-14/h1-8,17H,9H2,(H,18,19,20). The largest absolute Gasteiger partial charge is 0.378 e. The molecule has 0 aliphatic rings. The number of rotatable bonds is 3. The van der Waals surface area contributed by atoms with Gasteiger partial charge in [0.25, 0.3) is 5.56 Å². The second kappa shape index (κ2) is 5.35. The summed E-state index contributed by atoms with van der Waals surface area (Å²) in [6, 6.07) is 14.6. The number of aromatic nitrogens is 2. The first-order valence-corrected chi connectivity index (χ1v) is 6.57. The molecule has 0 aliphatic heterocycles. The smallest absolute Gasteiger partial charge is 0.258 e. The van der Waals surface area contributed by atoms with E-state index in [1.807, 2.05) is 30.3 Å². The van der Waals surface area contributed by atoms with Gasteiger partial charge in [0.1, 0.15) is 5.82 Å². The van der Waals surface area contributed by atoms with E-state index in [4.69, 9.17) is 11.6 Å². The van der Waals surface area contributed by atoms with E-state index in [1.54, 1.807) is 18.2 Å². The monoisotopic (exact) mass is 285 g/mol. The van der Waals surface area contributed by atoms with Crippen LogP contribution in [0, 0.1) is 0 Å². The molecule has 0 aliphatic carbocycles. The fraction of sp³-hybridized carbons (Fsp3) is 0.0667. The minimum absolute atomic E-state index is 0.122. The van der Waals surface area contributed by atoms with E-state index in [0.717, 1.165) is 5.69 Å². The van der Waals surface area contributed by atoms with Crippen LogP contribution in [-0.4, -0.2) is 9.97 Å². The summed E-state index contributed by atoms with van der Waals surface area (Å²) in [5.41, 5.74) is 1.50. The lowest BCUT2D eigenvalue weighted by atomic mass is 10.2. The van der Waals surface area contributed by atoms with Gasteiger partial charge in [-0.15, -0.1) is 0 Å². The zero-order chi connectivity index (χ0) is 13.9. The number of hydrogen-bond donors (Lipinski definition) is 2. The molecule has 3 aromatic rings. The molecule has 4 nitrogen and oxygen atoms in total. The topological polar surface area (TPSA) is 57.8 Å². The number of H-pyrrole nitrogens is 1. The van der Waals surface area contributed by atoms with Gasteiger partial charge in [0, 0.05) is 10.7 Å². The van der Waals surface area contributed by atoms with Crippen LogP contribution < -0.4 is 10.9 Å². The van der Waals surface area contributed by atoms with Gasteiger partial charge in [0.15, 0.2) is 0 Å². The molecule has 2 N–H and O–H groups in total. The molecule has 1 heterocycles. The Bertz CT molecular complexity index is 796. The van der Waals surface area contributed by atoms with Crippen molar-refractivity contribution in [2.24, 2.45) is 0 Å². The summed E-state index contributed by atoms with van der Waals surface area (Å²) in [4.78, 5) is 19.1. The number of hydrogen-bond acceptors (Lipinski definition) is 3. The van der Waals surface area contributed by atoms with Crippen molar-refractivity contribution in [2.75, 3.05) is 5.32 Å². The van der Waals surface area contributed by atoms with E-state index < -0.39 is 0 Å². The molecule has 0 radical (unpaired) electrons. The van der Waals surface area contributed by atoms with Crippen molar-refractivity contribution < 1.29 is 0 Å². The average Bonchev–Trinajstić information content (AvgIpc) is 2.47. The zero-order valence-corrected chi connectivity index (χ0v) is 11.3. The number of benzene rings is 2. The molecule has 1 aromatic heterocycles. The van der Waals surface area contributed by atoms with Gasteiger partial charge in [-0.25, -0.2) is 4.98 Å². The van der Waals surface area contributed by atoms with E-state index in [1.165, 1.54) is 0 Å². The first-order valence-electron chi connectivity index (χ1n) is 6.20. The van der Waals surface area contributed by atoms with Crippen LogP contribution in [0.5, 0.6) is 0 Å². The Kier molecular flexibility index (Phi) is 3.39. The van der Waals surface area contributed by atoms with E-state index >= 15 is 0 Å². The maximum Gasteiger partial charge on any atom is 0.258 e. The molecule has 0 saturated carbocycles. The Morgan fingerprint density at radius 1 is 1.10 bits per heavy atom. The number of aromatic amines is 1. The summed E-state index contributed by atoms with van der Waals surface area (Å²) in [5, 5.41) is 4.48. The van der Waals surface area contributed by atoms with Gasteiger partial charge in [-0.05, 0) is 36.4 Å². The summed E-state index contributed by atoms with van der Waals surface area (Å²) in [6.45, 7) is 0.446. The Morgan fingerprint density at radius 2 is 1.85 bits per heavy atom. The molecule has 0 bridgehead atoms. The highest BCUT2D eigenvalue weighted by atomic mass is 35.5. The number of halogens is 1. The minimum Gasteiger partial charge on any atom is -0.378 e. The Morgan fingerprint density at radius 3 is 2.65 bits per heavy atom. The zero-order valence-electron chi connectivity index (χ0n) is 10.6. The van der Waals surface area contributed by atoms with Gasteiger partial charge >= 0.3 is 0 Å². The predicted octanol–water partition coefficient (Wildman–Crippen LogP) is 3.19. The first kappa shape index (κ1) is 12.7. The lowest BCUT2D eigenvalue weighted by molar-refractivity contribution is 0.953. The van der Waals surface area contributed by atoms with Crippen molar-refractivity contribution in [3.8, 4) is 0 Å². The van der Waals surface area contributed by atoms with Crippen molar-refractivity contribution in [1.82, 2.24) is 9.97 Å². The maximum absolute atomic E-state index is 11.9. The lowest BCUT2D eigenvalue weighted by Crippen LogP contribution is -2.14. The molecule has 20 heavy (non-hydrogen) atoms.